The molecule has 35 heavy (non-hydrogen) atoms. The molecule has 0 saturated heterocycles. The molecule has 0 saturated carbocycles. The molecule has 1 N–H and O–H groups in total. The zero-order valence-electron chi connectivity index (χ0n) is 20.0. The van der Waals surface area contributed by atoms with Gasteiger partial charge >= 0.3 is 6.18 Å². The number of nitrogens with zero attached hydrogens (tertiary/aromatic N) is 2. The summed E-state index contributed by atoms with van der Waals surface area (Å²) in [6.07, 6.45) is -2.92. The van der Waals surface area contributed by atoms with Crippen molar-refractivity contribution < 1.29 is 23.0 Å². The van der Waals surface area contributed by atoms with Crippen LogP contribution in [0, 0.1) is 0 Å². The average Bonchev–Trinajstić information content (AvgIpc) is 3.24. The molecule has 0 aliphatic rings. The van der Waals surface area contributed by atoms with Crippen molar-refractivity contribution in [3.63, 3.8) is 0 Å². The van der Waals surface area contributed by atoms with Gasteiger partial charge in [0.2, 0.25) is 0 Å². The maximum Gasteiger partial charge on any atom is 0.417 e. The Hall–Kier alpha value is -3.58. The second-order valence-corrected chi connectivity index (χ2v) is 9.16. The Labute approximate surface area is 202 Å². The normalized spacial score (nSPS) is 12.3. The lowest BCUT2D eigenvalue weighted by atomic mass is 10.0. The molecular weight excluding hydrogens is 453 g/mol. The predicted octanol–water partition coefficient (Wildman–Crippen LogP) is 7.24. The summed E-state index contributed by atoms with van der Waals surface area (Å²) in [6.45, 7) is 7.02. The molecule has 0 atom stereocenters. The van der Waals surface area contributed by atoms with Crippen LogP contribution in [-0.4, -0.2) is 20.8 Å². The summed E-state index contributed by atoms with van der Waals surface area (Å²) in [5.41, 5.74) is 0.615. The predicted molar refractivity (Wildman–Crippen MR) is 130 cm³/mol. The van der Waals surface area contributed by atoms with Gasteiger partial charge in [-0.1, -0.05) is 42.5 Å². The largest absolute Gasteiger partial charge is 0.491 e. The molecule has 0 radical (unpaired) electrons. The van der Waals surface area contributed by atoms with E-state index in [1.165, 1.54) is 12.1 Å². The van der Waals surface area contributed by atoms with Gasteiger partial charge in [-0.2, -0.15) is 13.2 Å². The van der Waals surface area contributed by atoms with Gasteiger partial charge in [-0.25, -0.2) is 4.98 Å². The third kappa shape index (κ3) is 5.41. The van der Waals surface area contributed by atoms with Crippen molar-refractivity contribution in [2.75, 3.05) is 0 Å². The van der Waals surface area contributed by atoms with Crippen molar-refractivity contribution in [3.8, 4) is 34.0 Å². The summed E-state index contributed by atoms with van der Waals surface area (Å²) in [7, 11) is 0. The molecule has 0 aliphatic carbocycles. The minimum absolute atomic E-state index is 0.0526. The smallest absolute Gasteiger partial charge is 0.417 e. The van der Waals surface area contributed by atoms with Crippen LogP contribution in [0.3, 0.4) is 0 Å². The van der Waals surface area contributed by atoms with E-state index in [0.717, 1.165) is 22.9 Å². The molecule has 182 valence electrons. The van der Waals surface area contributed by atoms with E-state index in [0.29, 0.717) is 5.69 Å². The minimum Gasteiger partial charge on any atom is -0.491 e. The third-order valence-electron chi connectivity index (χ3n) is 5.49. The van der Waals surface area contributed by atoms with Gasteiger partial charge in [0.05, 0.1) is 17.4 Å². The number of hydrogen-bond acceptors (Lipinski definition) is 3. The topological polar surface area (TPSA) is 47.3 Å². The lowest BCUT2D eigenvalue weighted by Gasteiger charge is -2.14. The zero-order valence-corrected chi connectivity index (χ0v) is 20.0. The van der Waals surface area contributed by atoms with Crippen molar-refractivity contribution in [1.82, 2.24) is 9.55 Å². The minimum atomic E-state index is -4.55. The van der Waals surface area contributed by atoms with E-state index >= 15 is 0 Å². The van der Waals surface area contributed by atoms with Crippen molar-refractivity contribution in [2.24, 2.45) is 0 Å². The molecule has 1 aromatic heterocycles. The Morgan fingerprint density at radius 1 is 0.886 bits per heavy atom. The molecule has 0 spiro atoms. The zero-order chi connectivity index (χ0) is 25.4. The summed E-state index contributed by atoms with van der Waals surface area (Å²) in [4.78, 5) is 4.42. The van der Waals surface area contributed by atoms with E-state index in [2.05, 4.69) is 4.98 Å². The van der Waals surface area contributed by atoms with Crippen LogP contribution in [0.2, 0.25) is 0 Å². The van der Waals surface area contributed by atoms with E-state index in [1.54, 1.807) is 30.7 Å². The van der Waals surface area contributed by atoms with Gasteiger partial charge in [-0.15, -0.1) is 0 Å². The highest BCUT2D eigenvalue weighted by Crippen LogP contribution is 2.38. The fraction of sp³-hybridized carbons (Fsp3) is 0.250. The van der Waals surface area contributed by atoms with E-state index in [-0.39, 0.29) is 23.2 Å². The molecule has 4 rings (SSSR count). The maximum atomic E-state index is 13.8. The van der Waals surface area contributed by atoms with Gasteiger partial charge < -0.3 is 9.84 Å². The maximum absolute atomic E-state index is 13.8. The standard InChI is InChI=1S/C28H27F3N2O2/c1-18(2)35-22-9-7-8-20(16-22)19-12-14-21(15-13-19)33-17-25(27(3,4)34)32-26(33)23-10-5-6-11-24(23)28(29,30)31/h5-18,34H,1-4H3. The van der Waals surface area contributed by atoms with Gasteiger partial charge in [0, 0.05) is 17.4 Å². The summed E-state index contributed by atoms with van der Waals surface area (Å²) in [5, 5.41) is 10.5. The highest BCUT2D eigenvalue weighted by Gasteiger charge is 2.35. The Bertz CT molecular complexity index is 1320. The highest BCUT2D eigenvalue weighted by molar-refractivity contribution is 5.68. The average molecular weight is 481 g/mol. The first-order chi connectivity index (χ1) is 16.4. The first-order valence-electron chi connectivity index (χ1n) is 11.3. The number of halogens is 3. The van der Waals surface area contributed by atoms with E-state index in [9.17, 15) is 18.3 Å². The second-order valence-electron chi connectivity index (χ2n) is 9.16. The van der Waals surface area contributed by atoms with Crippen molar-refractivity contribution in [3.05, 3.63) is 90.3 Å². The fourth-order valence-electron chi connectivity index (χ4n) is 3.82. The van der Waals surface area contributed by atoms with Gasteiger partial charge in [0.15, 0.2) is 0 Å². The molecule has 0 unspecified atom stereocenters. The second kappa shape index (κ2) is 9.23. The Morgan fingerprint density at radius 2 is 1.57 bits per heavy atom. The number of aromatic nitrogens is 2. The first kappa shape index (κ1) is 24.5. The number of hydrogen-bond donors (Lipinski definition) is 1. The Kier molecular flexibility index (Phi) is 6.47. The third-order valence-corrected chi connectivity index (χ3v) is 5.49. The van der Waals surface area contributed by atoms with Crippen LogP contribution in [-0.2, 0) is 11.8 Å². The van der Waals surface area contributed by atoms with Crippen LogP contribution in [0.4, 0.5) is 13.2 Å². The Morgan fingerprint density at radius 3 is 2.20 bits per heavy atom. The van der Waals surface area contributed by atoms with Gasteiger partial charge in [-0.05, 0) is 69.2 Å². The van der Waals surface area contributed by atoms with Crippen LogP contribution < -0.4 is 4.74 Å². The van der Waals surface area contributed by atoms with E-state index in [1.807, 2.05) is 62.4 Å². The molecule has 0 amide bonds. The fourth-order valence-corrected chi connectivity index (χ4v) is 3.82. The lowest BCUT2D eigenvalue weighted by molar-refractivity contribution is -0.137. The molecule has 0 fully saturated rings. The summed E-state index contributed by atoms with van der Waals surface area (Å²) < 4.78 is 48.7. The summed E-state index contributed by atoms with van der Waals surface area (Å²) in [5.74, 6) is 0.868. The SMILES string of the molecule is CC(C)Oc1cccc(-c2ccc(-n3cc(C(C)(C)O)nc3-c3ccccc3C(F)(F)F)cc2)c1. The van der Waals surface area contributed by atoms with Gasteiger partial charge in [0.1, 0.15) is 17.2 Å². The lowest BCUT2D eigenvalue weighted by Crippen LogP contribution is -2.15. The molecule has 7 heteroatoms. The molecule has 1 heterocycles. The number of benzene rings is 3. The summed E-state index contributed by atoms with van der Waals surface area (Å²) in [6, 6.07) is 20.5. The van der Waals surface area contributed by atoms with Crippen LogP contribution in [0.5, 0.6) is 5.75 Å². The van der Waals surface area contributed by atoms with Crippen molar-refractivity contribution in [1.29, 1.82) is 0 Å². The molecule has 4 aromatic rings. The molecule has 0 aliphatic heterocycles. The first-order valence-corrected chi connectivity index (χ1v) is 11.3. The highest BCUT2D eigenvalue weighted by atomic mass is 19.4. The molecule has 0 bridgehead atoms. The van der Waals surface area contributed by atoms with E-state index in [4.69, 9.17) is 4.74 Å². The van der Waals surface area contributed by atoms with Crippen LogP contribution in [0.15, 0.2) is 79.0 Å². The summed E-state index contributed by atoms with van der Waals surface area (Å²) >= 11 is 0. The van der Waals surface area contributed by atoms with E-state index < -0.39 is 17.3 Å². The number of aliphatic hydroxyl groups is 1. The number of rotatable bonds is 6. The van der Waals surface area contributed by atoms with Gasteiger partial charge in [-0.3, -0.25) is 4.57 Å². The molecule has 4 nitrogen and oxygen atoms in total. The van der Waals surface area contributed by atoms with Crippen LogP contribution >= 0.6 is 0 Å². The number of alkyl halides is 3. The number of ether oxygens (including phenoxy) is 1. The van der Waals surface area contributed by atoms with Gasteiger partial charge in [0.25, 0.3) is 0 Å². The van der Waals surface area contributed by atoms with Crippen LogP contribution in [0.1, 0.15) is 39.0 Å². The van der Waals surface area contributed by atoms with Crippen LogP contribution in [0.25, 0.3) is 28.2 Å². The number of imidazole rings is 1. The van der Waals surface area contributed by atoms with Crippen molar-refractivity contribution in [2.45, 2.75) is 45.6 Å². The molecule has 3 aromatic carbocycles. The van der Waals surface area contributed by atoms with Crippen molar-refractivity contribution >= 4 is 0 Å². The Balaban J connectivity index is 1.79. The molecular formula is C28H27F3N2O2. The quantitative estimate of drug-likeness (QED) is 0.316. The monoisotopic (exact) mass is 480 g/mol.